The molecule has 1 aromatic rings. The molecule has 1 aromatic heterocycles. The lowest BCUT2D eigenvalue weighted by molar-refractivity contribution is -0.147. The first-order valence-electron chi connectivity index (χ1n) is 14.4. The van der Waals surface area contributed by atoms with Crippen molar-refractivity contribution >= 4 is 17.6 Å². The van der Waals surface area contributed by atoms with Crippen LogP contribution in [0.3, 0.4) is 0 Å². The van der Waals surface area contributed by atoms with Gasteiger partial charge in [-0.3, -0.25) is 19.6 Å². The van der Waals surface area contributed by atoms with Crippen LogP contribution in [0.15, 0.2) is 4.79 Å². The van der Waals surface area contributed by atoms with E-state index in [1.807, 2.05) is 11.9 Å². The lowest BCUT2D eigenvalue weighted by atomic mass is 9.71. The zero-order chi connectivity index (χ0) is 27.1. The van der Waals surface area contributed by atoms with E-state index in [1.165, 1.54) is 0 Å². The number of alkyl halides is 1. The highest BCUT2D eigenvalue weighted by Crippen LogP contribution is 2.44. The van der Waals surface area contributed by atoms with Gasteiger partial charge in [0, 0.05) is 29.1 Å². The van der Waals surface area contributed by atoms with E-state index in [1.54, 1.807) is 4.57 Å². The van der Waals surface area contributed by atoms with Crippen LogP contribution < -0.4 is 11.0 Å². The van der Waals surface area contributed by atoms with Gasteiger partial charge in [0.2, 0.25) is 0 Å². The Morgan fingerprint density at radius 1 is 1.18 bits per heavy atom. The van der Waals surface area contributed by atoms with E-state index in [-0.39, 0.29) is 35.0 Å². The zero-order valence-corrected chi connectivity index (χ0v) is 24.0. The van der Waals surface area contributed by atoms with Crippen molar-refractivity contribution in [1.29, 1.82) is 0 Å². The number of aliphatic carboxylic acids is 1. The predicted octanol–water partition coefficient (Wildman–Crippen LogP) is 2.59. The Labute approximate surface area is 230 Å². The van der Waals surface area contributed by atoms with E-state index in [9.17, 15) is 14.7 Å². The first kappa shape index (κ1) is 28.0. The second-order valence-corrected chi connectivity index (χ2v) is 12.8. The fourth-order valence-electron chi connectivity index (χ4n) is 7.61. The number of aromatic nitrogens is 2. The van der Waals surface area contributed by atoms with E-state index in [2.05, 4.69) is 31.3 Å². The molecule has 3 heterocycles. The third-order valence-electron chi connectivity index (χ3n) is 9.59. The molecule has 0 amide bonds. The summed E-state index contributed by atoms with van der Waals surface area (Å²) < 4.78 is 8.36. The topological polar surface area (TPSA) is 99.9 Å². The van der Waals surface area contributed by atoms with Crippen LogP contribution in [0.2, 0.25) is 0 Å². The highest BCUT2D eigenvalue weighted by atomic mass is 35.5. The molecule has 1 saturated carbocycles. The molecule has 3 fully saturated rings. The minimum Gasteiger partial charge on any atom is -0.480 e. The maximum Gasteiger partial charge on any atom is 0.322 e. The van der Waals surface area contributed by atoms with Crippen molar-refractivity contribution in [1.82, 2.24) is 24.9 Å². The lowest BCUT2D eigenvalue weighted by Gasteiger charge is -2.48. The number of nitrogens with zero attached hydrogens (tertiary/aromatic N) is 4. The van der Waals surface area contributed by atoms with Gasteiger partial charge in [-0.1, -0.05) is 0 Å². The molecule has 0 bridgehead atoms. The number of aryl methyl sites for hydroxylation is 2. The molecule has 0 radical (unpaired) electrons. The molecular formula is C28H44ClN5O4. The third-order valence-corrected chi connectivity index (χ3v) is 9.99. The summed E-state index contributed by atoms with van der Waals surface area (Å²) in [6, 6.07) is 0.295. The van der Waals surface area contributed by atoms with E-state index >= 15 is 0 Å². The molecule has 0 aromatic carbocycles. The van der Waals surface area contributed by atoms with Gasteiger partial charge in [0.1, 0.15) is 11.9 Å². The molecular weight excluding hydrogens is 506 g/mol. The first-order chi connectivity index (χ1) is 18.1. The number of carbonyl (C=O) groups is 1. The van der Waals surface area contributed by atoms with Crippen LogP contribution in [0.5, 0.6) is 0 Å². The minimum absolute atomic E-state index is 0.0609. The Hall–Kier alpha value is -1.52. The van der Waals surface area contributed by atoms with Crippen molar-refractivity contribution in [3.05, 3.63) is 27.4 Å². The van der Waals surface area contributed by atoms with Crippen LogP contribution in [0, 0.1) is 18.8 Å². The number of hydrogen-bond acceptors (Lipinski definition) is 7. The number of hydrogen-bond donors (Lipinski definition) is 2. The van der Waals surface area contributed by atoms with Crippen LogP contribution in [0.25, 0.3) is 0 Å². The molecule has 10 heteroatoms. The van der Waals surface area contributed by atoms with Crippen LogP contribution in [0.4, 0.5) is 0 Å². The van der Waals surface area contributed by atoms with Gasteiger partial charge < -0.3 is 14.7 Å². The van der Waals surface area contributed by atoms with Crippen molar-refractivity contribution in [2.45, 2.75) is 114 Å². The highest BCUT2D eigenvalue weighted by Gasteiger charge is 2.50. The number of hydrazine groups is 1. The Kier molecular flexibility index (Phi) is 8.50. The van der Waals surface area contributed by atoms with Crippen LogP contribution >= 0.6 is 11.6 Å². The summed E-state index contributed by atoms with van der Waals surface area (Å²) in [6.45, 7) is 5.01. The van der Waals surface area contributed by atoms with Gasteiger partial charge in [-0.2, -0.15) is 0 Å². The van der Waals surface area contributed by atoms with Crippen LogP contribution in [0.1, 0.15) is 69.0 Å². The summed E-state index contributed by atoms with van der Waals surface area (Å²) in [4.78, 5) is 32.3. The minimum atomic E-state index is -0.754. The van der Waals surface area contributed by atoms with Gasteiger partial charge >= 0.3 is 5.97 Å². The highest BCUT2D eigenvalue weighted by molar-refractivity contribution is 6.20. The summed E-state index contributed by atoms with van der Waals surface area (Å²) in [6.07, 6.45) is 7.93. The molecule has 38 heavy (non-hydrogen) atoms. The number of fused-ring (bicyclic) bond motifs is 2. The molecule has 2 aliphatic carbocycles. The van der Waals surface area contributed by atoms with Crippen LogP contribution in [-0.2, 0) is 28.9 Å². The summed E-state index contributed by atoms with van der Waals surface area (Å²) in [7, 11) is 4.15. The Balaban J connectivity index is 1.29. The van der Waals surface area contributed by atoms with Gasteiger partial charge in [-0.05, 0) is 97.6 Å². The van der Waals surface area contributed by atoms with E-state index in [4.69, 9.17) is 21.3 Å². The van der Waals surface area contributed by atoms with E-state index in [0.29, 0.717) is 31.5 Å². The SMILES string of the molecule is Cc1nc2c(c(=O)n1CCOC1CCC(Cl)CC1C1CC(C)NN3C(C(=O)O)CCC13)CC(N(C)C)CC2. The molecule has 9 nitrogen and oxygen atoms in total. The van der Waals surface area contributed by atoms with Gasteiger partial charge in [0.05, 0.1) is 24.9 Å². The number of carboxylic acids is 1. The van der Waals surface area contributed by atoms with Gasteiger partial charge in [0.25, 0.3) is 5.56 Å². The molecule has 8 atom stereocenters. The average Bonchev–Trinajstić information content (AvgIpc) is 3.30. The van der Waals surface area contributed by atoms with Crippen molar-refractivity contribution in [2.75, 3.05) is 20.7 Å². The Bertz CT molecular complexity index is 1080. The maximum absolute atomic E-state index is 13.5. The fourth-order valence-corrected chi connectivity index (χ4v) is 7.94. The Morgan fingerprint density at radius 3 is 2.71 bits per heavy atom. The quantitative estimate of drug-likeness (QED) is 0.501. The summed E-state index contributed by atoms with van der Waals surface area (Å²) in [5.74, 6) is 0.613. The molecule has 4 aliphatic rings. The third kappa shape index (κ3) is 5.55. The zero-order valence-electron chi connectivity index (χ0n) is 23.2. The number of carboxylic acid groups (broad SMARTS) is 1. The number of ether oxygens (including phenoxy) is 1. The van der Waals surface area contributed by atoms with Crippen molar-refractivity contribution < 1.29 is 14.6 Å². The maximum atomic E-state index is 13.5. The van der Waals surface area contributed by atoms with Crippen LogP contribution in [-0.4, -0.2) is 86.9 Å². The second-order valence-electron chi connectivity index (χ2n) is 12.2. The standard InChI is InChI=1S/C28H44ClN5O4/c1-16-13-20(24-8-9-25(28(36)37)34(24)31-16)21-14-18(29)5-10-26(21)38-12-11-33-17(2)30-23-7-6-19(32(3)4)15-22(23)27(33)35/h16,18-21,24-26,31H,5-15H2,1-4H3,(H,36,37). The molecule has 2 N–H and O–H groups in total. The number of nitrogens with one attached hydrogen (secondary N) is 1. The summed E-state index contributed by atoms with van der Waals surface area (Å²) in [5, 5.41) is 11.9. The smallest absolute Gasteiger partial charge is 0.322 e. The molecule has 5 rings (SSSR count). The van der Waals surface area contributed by atoms with Crippen molar-refractivity contribution in [2.24, 2.45) is 11.8 Å². The van der Waals surface area contributed by atoms with Crippen molar-refractivity contribution in [3.8, 4) is 0 Å². The van der Waals surface area contributed by atoms with E-state index in [0.717, 1.165) is 68.4 Å². The van der Waals surface area contributed by atoms with Gasteiger partial charge in [0.15, 0.2) is 0 Å². The van der Waals surface area contributed by atoms with Gasteiger partial charge in [-0.25, -0.2) is 9.99 Å². The van der Waals surface area contributed by atoms with Gasteiger partial charge in [-0.15, -0.1) is 11.6 Å². The number of rotatable bonds is 7. The normalized spacial score (nSPS) is 35.7. The molecule has 212 valence electrons. The lowest BCUT2D eigenvalue weighted by Crippen LogP contribution is -2.61. The molecule has 8 unspecified atom stereocenters. The molecule has 2 saturated heterocycles. The fraction of sp³-hybridized carbons (Fsp3) is 0.821. The monoisotopic (exact) mass is 549 g/mol. The van der Waals surface area contributed by atoms with E-state index < -0.39 is 12.0 Å². The Morgan fingerprint density at radius 2 is 1.97 bits per heavy atom. The summed E-state index contributed by atoms with van der Waals surface area (Å²) in [5.41, 5.74) is 5.35. The number of likely N-dealkylation sites (N-methyl/N-ethyl adjacent to an activating group) is 1. The van der Waals surface area contributed by atoms with Crippen molar-refractivity contribution in [3.63, 3.8) is 0 Å². The largest absolute Gasteiger partial charge is 0.480 e. The predicted molar refractivity (Wildman–Crippen MR) is 146 cm³/mol. The first-order valence-corrected chi connectivity index (χ1v) is 14.9. The second kappa shape index (κ2) is 11.5. The number of halogens is 1. The average molecular weight is 550 g/mol. The molecule has 0 spiro atoms. The molecule has 2 aliphatic heterocycles. The summed E-state index contributed by atoms with van der Waals surface area (Å²) >= 11 is 6.69.